The zero-order valence-corrected chi connectivity index (χ0v) is 10.9. The first kappa shape index (κ1) is 11.4. The van der Waals surface area contributed by atoms with Gasteiger partial charge in [-0.1, -0.05) is 0 Å². The van der Waals surface area contributed by atoms with Crippen LogP contribution in [0.4, 0.5) is 0 Å². The highest BCUT2D eigenvalue weighted by Crippen LogP contribution is 2.21. The van der Waals surface area contributed by atoms with Crippen LogP contribution in [-0.2, 0) is 6.54 Å². The number of amides is 1. The first-order chi connectivity index (χ1) is 7.75. The molecule has 2 aromatic rings. The van der Waals surface area contributed by atoms with Gasteiger partial charge in [-0.15, -0.1) is 11.3 Å². The van der Waals surface area contributed by atoms with Crippen LogP contribution in [-0.4, -0.2) is 17.0 Å². The molecule has 0 radical (unpaired) electrons. The van der Waals surface area contributed by atoms with Crippen molar-refractivity contribution in [1.82, 2.24) is 9.88 Å². The third-order valence-electron chi connectivity index (χ3n) is 2.12. The van der Waals surface area contributed by atoms with Crippen LogP contribution in [0.5, 0.6) is 0 Å². The molecule has 84 valence electrons. The van der Waals surface area contributed by atoms with Crippen molar-refractivity contribution in [3.63, 3.8) is 0 Å². The molecule has 0 unspecified atom stereocenters. The van der Waals surface area contributed by atoms with Gasteiger partial charge in [0.05, 0.1) is 8.66 Å². The van der Waals surface area contributed by atoms with Gasteiger partial charge in [-0.25, -0.2) is 0 Å². The van der Waals surface area contributed by atoms with E-state index in [2.05, 4.69) is 21.2 Å². The Morgan fingerprint density at radius 1 is 1.38 bits per heavy atom. The molecule has 2 aromatic heterocycles. The molecule has 0 fully saturated rings. The first-order valence-electron chi connectivity index (χ1n) is 4.90. The lowest BCUT2D eigenvalue weighted by atomic mass is 10.4. The van der Waals surface area contributed by atoms with E-state index < -0.39 is 0 Å². The summed E-state index contributed by atoms with van der Waals surface area (Å²) in [6, 6.07) is 7.64. The van der Waals surface area contributed by atoms with Crippen molar-refractivity contribution in [2.45, 2.75) is 6.54 Å². The van der Waals surface area contributed by atoms with E-state index in [0.717, 1.165) is 15.2 Å². The summed E-state index contributed by atoms with van der Waals surface area (Å²) in [5, 5.41) is 2.88. The molecule has 0 aromatic carbocycles. The van der Waals surface area contributed by atoms with E-state index in [1.54, 1.807) is 0 Å². The van der Waals surface area contributed by atoms with Gasteiger partial charge in [0.2, 0.25) is 0 Å². The number of rotatable bonds is 4. The van der Waals surface area contributed by atoms with Gasteiger partial charge in [0, 0.05) is 25.5 Å². The molecule has 1 N–H and O–H groups in total. The molecule has 1 amide bonds. The molecule has 5 heteroatoms. The summed E-state index contributed by atoms with van der Waals surface area (Å²) in [5.41, 5.74) is 0. The van der Waals surface area contributed by atoms with Gasteiger partial charge in [-0.2, -0.15) is 0 Å². The van der Waals surface area contributed by atoms with Gasteiger partial charge < -0.3 is 9.88 Å². The fraction of sp³-hybridized carbons (Fsp3) is 0.182. The van der Waals surface area contributed by atoms with Crippen molar-refractivity contribution in [2.75, 3.05) is 6.54 Å². The fourth-order valence-corrected chi connectivity index (χ4v) is 2.64. The van der Waals surface area contributed by atoms with E-state index in [1.165, 1.54) is 11.3 Å². The minimum atomic E-state index is -0.0112. The highest BCUT2D eigenvalue weighted by atomic mass is 79.9. The molecule has 0 aliphatic carbocycles. The average Bonchev–Trinajstić information content (AvgIpc) is 2.89. The molecule has 0 aliphatic rings. The number of carbonyl (C=O) groups excluding carboxylic acids is 1. The highest BCUT2D eigenvalue weighted by molar-refractivity contribution is 9.11. The summed E-state index contributed by atoms with van der Waals surface area (Å²) in [7, 11) is 0. The number of hydrogen-bond donors (Lipinski definition) is 1. The zero-order chi connectivity index (χ0) is 11.4. The van der Waals surface area contributed by atoms with E-state index in [1.807, 2.05) is 41.2 Å². The Labute approximate surface area is 106 Å². The minimum absolute atomic E-state index is 0.0112. The maximum absolute atomic E-state index is 11.7. The predicted molar refractivity (Wildman–Crippen MR) is 68.8 cm³/mol. The van der Waals surface area contributed by atoms with Crippen LogP contribution in [0, 0.1) is 0 Å². The number of halogens is 1. The maximum Gasteiger partial charge on any atom is 0.261 e. The summed E-state index contributed by atoms with van der Waals surface area (Å²) in [5.74, 6) is -0.0112. The van der Waals surface area contributed by atoms with Crippen molar-refractivity contribution in [1.29, 1.82) is 0 Å². The van der Waals surface area contributed by atoms with E-state index in [0.29, 0.717) is 6.54 Å². The molecular formula is C11H11BrN2OS. The molecule has 3 nitrogen and oxygen atoms in total. The second-order valence-electron chi connectivity index (χ2n) is 3.28. The summed E-state index contributed by atoms with van der Waals surface area (Å²) < 4.78 is 3.01. The molecule has 0 atom stereocenters. The number of hydrogen-bond acceptors (Lipinski definition) is 2. The van der Waals surface area contributed by atoms with Crippen LogP contribution in [0.25, 0.3) is 0 Å². The number of aromatic nitrogens is 1. The Bertz CT molecular complexity index is 464. The smallest absolute Gasteiger partial charge is 0.261 e. The van der Waals surface area contributed by atoms with Crippen LogP contribution in [0.2, 0.25) is 0 Å². The molecule has 0 aliphatic heterocycles. The van der Waals surface area contributed by atoms with Gasteiger partial charge in [0.1, 0.15) is 0 Å². The highest BCUT2D eigenvalue weighted by Gasteiger charge is 2.06. The quantitative estimate of drug-likeness (QED) is 0.925. The number of thiophene rings is 1. The Morgan fingerprint density at radius 2 is 2.12 bits per heavy atom. The zero-order valence-electron chi connectivity index (χ0n) is 8.52. The van der Waals surface area contributed by atoms with Gasteiger partial charge >= 0.3 is 0 Å². The largest absolute Gasteiger partial charge is 0.353 e. The summed E-state index contributed by atoms with van der Waals surface area (Å²) >= 11 is 4.78. The molecule has 0 bridgehead atoms. The van der Waals surface area contributed by atoms with Crippen LogP contribution >= 0.6 is 27.3 Å². The normalized spacial score (nSPS) is 10.3. The molecule has 0 spiro atoms. The molecule has 2 rings (SSSR count). The van der Waals surface area contributed by atoms with Crippen molar-refractivity contribution >= 4 is 33.2 Å². The topological polar surface area (TPSA) is 34.0 Å². The van der Waals surface area contributed by atoms with E-state index in [9.17, 15) is 4.79 Å². The summed E-state index contributed by atoms with van der Waals surface area (Å²) in [6.45, 7) is 1.44. The number of carbonyl (C=O) groups is 1. The van der Waals surface area contributed by atoms with Crippen LogP contribution in [0.3, 0.4) is 0 Å². The Balaban J connectivity index is 1.80. The van der Waals surface area contributed by atoms with Gasteiger partial charge in [-0.3, -0.25) is 4.79 Å². The number of nitrogens with zero attached hydrogens (tertiary/aromatic N) is 1. The van der Waals surface area contributed by atoms with Crippen molar-refractivity contribution < 1.29 is 4.79 Å². The Kier molecular flexibility index (Phi) is 3.79. The Morgan fingerprint density at radius 3 is 2.75 bits per heavy atom. The lowest BCUT2D eigenvalue weighted by molar-refractivity contribution is 0.0956. The first-order valence-corrected chi connectivity index (χ1v) is 6.51. The van der Waals surface area contributed by atoms with Gasteiger partial charge in [0.25, 0.3) is 5.91 Å². The molecule has 2 heterocycles. The van der Waals surface area contributed by atoms with Crippen LogP contribution < -0.4 is 5.32 Å². The van der Waals surface area contributed by atoms with Gasteiger partial charge in [-0.05, 0) is 40.2 Å². The predicted octanol–water partition coefficient (Wildman–Crippen LogP) is 2.74. The average molecular weight is 299 g/mol. The van der Waals surface area contributed by atoms with Crippen LogP contribution in [0.1, 0.15) is 9.67 Å². The molecular weight excluding hydrogens is 288 g/mol. The van der Waals surface area contributed by atoms with E-state index in [4.69, 9.17) is 0 Å². The standard InChI is InChI=1S/C11H11BrN2OS/c12-10-4-3-9(16-10)11(15)13-5-8-14-6-1-2-7-14/h1-4,6-7H,5,8H2,(H,13,15). The van der Waals surface area contributed by atoms with Crippen molar-refractivity contribution in [3.8, 4) is 0 Å². The molecule has 0 saturated carbocycles. The minimum Gasteiger partial charge on any atom is -0.353 e. The van der Waals surface area contributed by atoms with Crippen molar-refractivity contribution in [3.05, 3.63) is 45.3 Å². The van der Waals surface area contributed by atoms with Gasteiger partial charge in [0.15, 0.2) is 0 Å². The lowest BCUT2D eigenvalue weighted by Crippen LogP contribution is -2.26. The second-order valence-corrected chi connectivity index (χ2v) is 5.74. The Hall–Kier alpha value is -1.07. The summed E-state index contributed by atoms with van der Waals surface area (Å²) in [4.78, 5) is 12.4. The third-order valence-corrected chi connectivity index (χ3v) is 3.74. The summed E-state index contributed by atoms with van der Waals surface area (Å²) in [6.07, 6.45) is 3.96. The third kappa shape index (κ3) is 2.96. The number of nitrogens with one attached hydrogen (secondary N) is 1. The van der Waals surface area contributed by atoms with Crippen molar-refractivity contribution in [2.24, 2.45) is 0 Å². The maximum atomic E-state index is 11.7. The SMILES string of the molecule is O=C(NCCn1cccc1)c1ccc(Br)s1. The van der Waals surface area contributed by atoms with E-state index >= 15 is 0 Å². The van der Waals surface area contributed by atoms with E-state index in [-0.39, 0.29) is 5.91 Å². The molecule has 0 saturated heterocycles. The fourth-order valence-electron chi connectivity index (χ4n) is 1.34. The monoisotopic (exact) mass is 298 g/mol. The second kappa shape index (κ2) is 5.32. The van der Waals surface area contributed by atoms with Crippen LogP contribution in [0.15, 0.2) is 40.4 Å². The molecule has 16 heavy (non-hydrogen) atoms. The lowest BCUT2D eigenvalue weighted by Gasteiger charge is -2.04.